The van der Waals surface area contributed by atoms with Gasteiger partial charge in [0.05, 0.1) is 22.1 Å². The molecule has 0 fully saturated rings. The SMILES string of the molecule is CC(C)(C)c1ccc(N2c3ccc(C(C)(C)C)cc3B3c4cc(C(C)(C)C)ccc4N(c4ccc(C(C)(C)C)cc4)c4cc(-n5c6c(-c7ccccc7)cccc6c6ccc7oc8ccccc8c7c65)cc2c43)cc1. The van der Waals surface area contributed by atoms with E-state index in [9.17, 15) is 0 Å². The van der Waals surface area contributed by atoms with E-state index in [0.29, 0.717) is 0 Å². The number of anilines is 6. The second kappa shape index (κ2) is 16.4. The van der Waals surface area contributed by atoms with Crippen LogP contribution in [0.3, 0.4) is 0 Å². The molecule has 5 heteroatoms. The highest BCUT2D eigenvalue weighted by Crippen LogP contribution is 2.50. The lowest BCUT2D eigenvalue weighted by molar-refractivity contribution is 0.590. The average molecular weight is 976 g/mol. The molecule has 2 aliphatic heterocycles. The molecule has 13 rings (SSSR count). The molecule has 0 N–H and O–H groups in total. The van der Waals surface area contributed by atoms with Crippen LogP contribution in [0.4, 0.5) is 34.1 Å². The van der Waals surface area contributed by atoms with Crippen molar-refractivity contribution in [2.75, 3.05) is 9.80 Å². The highest BCUT2D eigenvalue weighted by atomic mass is 16.3. The second-order valence-corrected chi connectivity index (χ2v) is 25.5. The second-order valence-electron chi connectivity index (χ2n) is 25.5. The molecule has 9 aromatic carbocycles. The van der Waals surface area contributed by atoms with E-state index in [-0.39, 0.29) is 28.4 Å². The van der Waals surface area contributed by atoms with E-state index < -0.39 is 0 Å². The van der Waals surface area contributed by atoms with E-state index in [1.165, 1.54) is 88.8 Å². The minimum absolute atomic E-state index is 0.00276. The third-order valence-corrected chi connectivity index (χ3v) is 16.4. The summed E-state index contributed by atoms with van der Waals surface area (Å²) in [5.74, 6) is 0. The quantitative estimate of drug-likeness (QED) is 0.164. The van der Waals surface area contributed by atoms with Crippen LogP contribution in [0.5, 0.6) is 0 Å². The Kier molecular flexibility index (Phi) is 10.3. The smallest absolute Gasteiger partial charge is 0.252 e. The van der Waals surface area contributed by atoms with E-state index in [4.69, 9.17) is 4.42 Å². The number of rotatable bonds is 4. The zero-order chi connectivity index (χ0) is 52.1. The molecule has 0 atom stereocenters. The van der Waals surface area contributed by atoms with Gasteiger partial charge in [0.1, 0.15) is 11.2 Å². The minimum Gasteiger partial charge on any atom is -0.456 e. The van der Waals surface area contributed by atoms with Crippen molar-refractivity contribution in [2.45, 2.75) is 105 Å². The highest BCUT2D eigenvalue weighted by molar-refractivity contribution is 7.00. The molecule has 0 radical (unpaired) electrons. The molecule has 4 nitrogen and oxygen atoms in total. The average Bonchev–Trinajstić information content (AvgIpc) is 3.94. The molecule has 0 spiro atoms. The van der Waals surface area contributed by atoms with Crippen molar-refractivity contribution in [1.29, 1.82) is 0 Å². The fourth-order valence-corrected chi connectivity index (χ4v) is 12.3. The standard InChI is InChI=1S/C70H66BN3O/c1-67(2,3)44-25-31-48(32-26-44)72-57-36-29-46(69(7,8)9)39-55(57)71-56-40-47(70(10,11)12)30-37-58(56)73(49-33-27-45(28-34-49)68(4,5)6)60-42-50(41-59(72)64(60)71)74-65-51(43-19-14-13-15-20-43)22-18-23-52(65)53-35-38-62-63(66(53)74)54-21-16-17-24-61(54)75-62/h13-42H,1-12H3. The zero-order valence-electron chi connectivity index (χ0n) is 45.6. The van der Waals surface area contributed by atoms with Crippen LogP contribution in [-0.4, -0.2) is 11.3 Å². The Morgan fingerprint density at radius 3 is 1.37 bits per heavy atom. The topological polar surface area (TPSA) is 24.6 Å². The fourth-order valence-electron chi connectivity index (χ4n) is 12.3. The molecule has 0 saturated carbocycles. The van der Waals surface area contributed by atoms with Gasteiger partial charge < -0.3 is 18.8 Å². The van der Waals surface area contributed by atoms with Crippen molar-refractivity contribution in [3.8, 4) is 16.8 Å². The Morgan fingerprint density at radius 1 is 0.360 bits per heavy atom. The predicted octanol–water partition coefficient (Wildman–Crippen LogP) is 17.6. The molecule has 0 bridgehead atoms. The van der Waals surface area contributed by atoms with Gasteiger partial charge in [-0.05, 0) is 133 Å². The number of hydrogen-bond donors (Lipinski definition) is 0. The highest BCUT2D eigenvalue weighted by Gasteiger charge is 2.45. The summed E-state index contributed by atoms with van der Waals surface area (Å²) in [6.45, 7) is 27.8. The van der Waals surface area contributed by atoms with Gasteiger partial charge in [0.25, 0.3) is 6.71 Å². The summed E-state index contributed by atoms with van der Waals surface area (Å²) in [6, 6.07) is 69.3. The lowest BCUT2D eigenvalue weighted by Crippen LogP contribution is -2.61. The third-order valence-electron chi connectivity index (χ3n) is 16.4. The van der Waals surface area contributed by atoms with E-state index in [1.54, 1.807) is 0 Å². The Labute approximate surface area is 443 Å². The fraction of sp³-hybridized carbons (Fsp3) is 0.229. The van der Waals surface area contributed by atoms with Gasteiger partial charge >= 0.3 is 0 Å². The molecule has 0 saturated heterocycles. The molecule has 0 aliphatic carbocycles. The summed E-state index contributed by atoms with van der Waals surface area (Å²) in [6.07, 6.45) is 0. The zero-order valence-corrected chi connectivity index (χ0v) is 45.6. The Hall–Kier alpha value is -7.76. The minimum atomic E-state index is -0.0671. The summed E-state index contributed by atoms with van der Waals surface area (Å²) < 4.78 is 9.34. The first kappa shape index (κ1) is 47.0. The predicted molar refractivity (Wildman–Crippen MR) is 322 cm³/mol. The summed E-state index contributed by atoms with van der Waals surface area (Å²) in [5, 5.41) is 4.62. The van der Waals surface area contributed by atoms with E-state index >= 15 is 0 Å². The van der Waals surface area contributed by atoms with Gasteiger partial charge in [-0.2, -0.15) is 0 Å². The van der Waals surface area contributed by atoms with E-state index in [2.05, 4.69) is 279 Å². The number of para-hydroxylation sites is 2. The van der Waals surface area contributed by atoms with Crippen molar-refractivity contribution in [1.82, 2.24) is 4.57 Å². The number of fused-ring (bicyclic) bond motifs is 11. The maximum atomic E-state index is 6.75. The largest absolute Gasteiger partial charge is 0.456 e. The van der Waals surface area contributed by atoms with Gasteiger partial charge in [0.15, 0.2) is 0 Å². The molecular weight excluding hydrogens is 910 g/mol. The maximum absolute atomic E-state index is 6.75. The first-order chi connectivity index (χ1) is 35.7. The van der Waals surface area contributed by atoms with Crippen LogP contribution in [-0.2, 0) is 21.7 Å². The number of aromatic nitrogens is 1. The lowest BCUT2D eigenvalue weighted by atomic mass is 9.33. The van der Waals surface area contributed by atoms with Gasteiger partial charge in [-0.3, -0.25) is 0 Å². The van der Waals surface area contributed by atoms with Crippen molar-refractivity contribution >= 4 is 101 Å². The molecule has 370 valence electrons. The molecule has 0 amide bonds. The summed E-state index contributed by atoms with van der Waals surface area (Å²) in [7, 11) is 0. The normalized spacial score (nSPS) is 13.8. The van der Waals surface area contributed by atoms with Gasteiger partial charge in [-0.25, -0.2) is 0 Å². The van der Waals surface area contributed by atoms with Crippen LogP contribution in [0.2, 0.25) is 0 Å². The van der Waals surface area contributed by atoms with Crippen molar-refractivity contribution in [3.05, 3.63) is 204 Å². The molecule has 75 heavy (non-hydrogen) atoms. The van der Waals surface area contributed by atoms with Crippen LogP contribution in [0, 0.1) is 0 Å². The van der Waals surface area contributed by atoms with Crippen LogP contribution in [0.15, 0.2) is 186 Å². The Bertz CT molecular complexity index is 3940. The van der Waals surface area contributed by atoms with Gasteiger partial charge in [0.2, 0.25) is 0 Å². The summed E-state index contributed by atoms with van der Waals surface area (Å²) in [5.41, 5.74) is 23.6. The van der Waals surface area contributed by atoms with Gasteiger partial charge in [0, 0.05) is 55.8 Å². The van der Waals surface area contributed by atoms with Crippen LogP contribution in [0.1, 0.15) is 105 Å². The third kappa shape index (κ3) is 7.40. The number of furan rings is 1. The van der Waals surface area contributed by atoms with Gasteiger partial charge in [-0.15, -0.1) is 0 Å². The lowest BCUT2D eigenvalue weighted by Gasteiger charge is -2.45. The molecule has 0 unspecified atom stereocenters. The number of nitrogens with zero attached hydrogens (tertiary/aromatic N) is 3. The van der Waals surface area contributed by atoms with E-state index in [1.807, 2.05) is 0 Å². The van der Waals surface area contributed by atoms with Crippen molar-refractivity contribution < 1.29 is 4.42 Å². The molecular formula is C70H66BN3O. The molecule has 2 aromatic heterocycles. The summed E-state index contributed by atoms with van der Waals surface area (Å²) in [4.78, 5) is 5.17. The monoisotopic (exact) mass is 976 g/mol. The van der Waals surface area contributed by atoms with Gasteiger partial charge in [-0.1, -0.05) is 198 Å². The van der Waals surface area contributed by atoms with Crippen LogP contribution >= 0.6 is 0 Å². The maximum Gasteiger partial charge on any atom is 0.252 e. The number of benzene rings is 9. The van der Waals surface area contributed by atoms with Crippen molar-refractivity contribution in [2.24, 2.45) is 0 Å². The molecule has 4 heterocycles. The Balaban J connectivity index is 1.22. The van der Waals surface area contributed by atoms with Crippen LogP contribution in [0.25, 0.3) is 60.6 Å². The first-order valence-electron chi connectivity index (χ1n) is 27.0. The molecule has 11 aromatic rings. The van der Waals surface area contributed by atoms with Crippen molar-refractivity contribution in [3.63, 3.8) is 0 Å². The summed E-state index contributed by atoms with van der Waals surface area (Å²) >= 11 is 0. The Morgan fingerprint density at radius 2 is 0.840 bits per heavy atom. The first-order valence-corrected chi connectivity index (χ1v) is 27.0. The van der Waals surface area contributed by atoms with E-state index in [0.717, 1.165) is 44.5 Å². The van der Waals surface area contributed by atoms with Crippen LogP contribution < -0.4 is 26.2 Å². The molecule has 2 aliphatic rings. The number of hydrogen-bond acceptors (Lipinski definition) is 3.